The lowest BCUT2D eigenvalue weighted by Gasteiger charge is -2.40. The number of carbonyl (C=O) groups excluding carboxylic acids is 1. The Balaban J connectivity index is 1.25. The van der Waals surface area contributed by atoms with Crippen LogP contribution in [0, 0.1) is 5.82 Å². The number of hydrogen-bond acceptors (Lipinski definition) is 9. The molecule has 0 bridgehead atoms. The monoisotopic (exact) mass is 661 g/mol. The van der Waals surface area contributed by atoms with Gasteiger partial charge >= 0.3 is 0 Å². The number of aliphatic hydroxyl groups excluding tert-OH is 5. The fourth-order valence-electron chi connectivity index (χ4n) is 6.33. The minimum atomic E-state index is -1.49. The smallest absolute Gasteiger partial charge is 0.287 e. The van der Waals surface area contributed by atoms with E-state index >= 15 is 0 Å². The van der Waals surface area contributed by atoms with Gasteiger partial charge < -0.3 is 35.4 Å². The number of phenols is 1. The van der Waals surface area contributed by atoms with Crippen LogP contribution in [-0.2, 0) is 4.74 Å². The molecular weight excluding hydrogens is 625 g/mol. The predicted octanol–water partition coefficient (Wildman–Crippen LogP) is 5.01. The summed E-state index contributed by atoms with van der Waals surface area (Å²) in [5.74, 6) is -0.397. The van der Waals surface area contributed by atoms with Crippen LogP contribution in [0.1, 0.15) is 47.8 Å². The fourth-order valence-corrected chi connectivity index (χ4v) is 7.57. The Kier molecular flexibility index (Phi) is 9.95. The average Bonchev–Trinajstić information content (AvgIpc) is 3.42. The second kappa shape index (κ2) is 14.1. The number of aromatic hydroxyl groups is 1. The van der Waals surface area contributed by atoms with Crippen molar-refractivity contribution in [2.75, 3.05) is 11.5 Å². The lowest BCUT2D eigenvalue weighted by molar-refractivity contribution is -0.231. The third-order valence-corrected chi connectivity index (χ3v) is 10.1. The summed E-state index contributed by atoms with van der Waals surface area (Å²) < 4.78 is 19.1. The molecule has 4 aromatic rings. The highest BCUT2D eigenvalue weighted by molar-refractivity contribution is 8.14. The molecule has 2 saturated heterocycles. The highest BCUT2D eigenvalue weighted by atomic mass is 32.2. The maximum absolute atomic E-state index is 13.4. The van der Waals surface area contributed by atoms with E-state index in [1.54, 1.807) is 53.4 Å². The fraction of sp³-hybridized carbons (Fsp3) is 0.306. The minimum Gasteiger partial charge on any atom is -0.508 e. The first-order valence-corrected chi connectivity index (χ1v) is 16.3. The standard InChI is InChI=1S/C36H36FNO8S/c37-24-13-10-21(11-14-24)27(40)16-17-30-31(38(36(45)47-30)25-4-2-1-3-5-25)26-15-12-23(18-28(26)41)20-6-8-22(9-7-20)35-34(44)33(43)32(42)29(19-39)46-35/h1-15,18,27,29-35,39-44H,16-17,19H2/t27-,29+,30-,31+,32+,33-,34+,35-/m0/s1. The number of aliphatic hydroxyl groups is 5. The lowest BCUT2D eigenvalue weighted by atomic mass is 9.90. The molecule has 47 heavy (non-hydrogen) atoms. The average molecular weight is 662 g/mol. The number of phenolic OH excluding ortho intramolecular Hbond substituents is 1. The molecule has 1 amide bonds. The van der Waals surface area contributed by atoms with Crippen LogP contribution in [0.4, 0.5) is 14.9 Å². The molecule has 2 aliphatic rings. The summed E-state index contributed by atoms with van der Waals surface area (Å²) in [6.07, 6.45) is -6.38. The van der Waals surface area contributed by atoms with E-state index in [1.165, 1.54) is 12.1 Å². The highest BCUT2D eigenvalue weighted by Gasteiger charge is 2.45. The molecule has 8 atom stereocenters. The van der Waals surface area contributed by atoms with Crippen LogP contribution in [0.3, 0.4) is 0 Å². The summed E-state index contributed by atoms with van der Waals surface area (Å²) >= 11 is 1.16. The van der Waals surface area contributed by atoms with E-state index in [9.17, 15) is 39.8 Å². The molecule has 2 heterocycles. The maximum atomic E-state index is 13.4. The van der Waals surface area contributed by atoms with Crippen LogP contribution in [0.15, 0.2) is 97.1 Å². The van der Waals surface area contributed by atoms with E-state index in [4.69, 9.17) is 4.74 Å². The van der Waals surface area contributed by atoms with E-state index in [-0.39, 0.29) is 22.1 Å². The van der Waals surface area contributed by atoms with Crippen LogP contribution in [-0.4, -0.2) is 72.2 Å². The number of para-hydroxylation sites is 1. The lowest BCUT2D eigenvalue weighted by Crippen LogP contribution is -2.55. The first kappa shape index (κ1) is 33.1. The molecule has 0 spiro atoms. The van der Waals surface area contributed by atoms with Crippen molar-refractivity contribution in [2.24, 2.45) is 0 Å². The zero-order valence-corrected chi connectivity index (χ0v) is 26.0. The van der Waals surface area contributed by atoms with Crippen molar-refractivity contribution in [3.8, 4) is 16.9 Å². The Morgan fingerprint density at radius 2 is 1.53 bits per heavy atom. The van der Waals surface area contributed by atoms with Crippen LogP contribution in [0.2, 0.25) is 0 Å². The number of halogens is 1. The van der Waals surface area contributed by atoms with Gasteiger partial charge in [0.1, 0.15) is 42.1 Å². The summed E-state index contributed by atoms with van der Waals surface area (Å²) in [6.45, 7) is -0.520. The number of hydrogen-bond donors (Lipinski definition) is 6. The Morgan fingerprint density at radius 1 is 0.851 bits per heavy atom. The van der Waals surface area contributed by atoms with Crippen LogP contribution >= 0.6 is 11.8 Å². The van der Waals surface area contributed by atoms with Crippen molar-refractivity contribution in [1.29, 1.82) is 0 Å². The largest absolute Gasteiger partial charge is 0.508 e. The molecule has 0 aromatic heterocycles. The number of rotatable bonds is 9. The minimum absolute atomic E-state index is 0.00850. The van der Waals surface area contributed by atoms with E-state index in [0.29, 0.717) is 40.8 Å². The molecule has 0 unspecified atom stereocenters. The van der Waals surface area contributed by atoms with Gasteiger partial charge in [-0.05, 0) is 65.4 Å². The zero-order chi connectivity index (χ0) is 33.2. The topological polar surface area (TPSA) is 151 Å². The summed E-state index contributed by atoms with van der Waals surface area (Å²) in [6, 6.07) is 26.6. The molecule has 9 nitrogen and oxygen atoms in total. The van der Waals surface area contributed by atoms with Crippen molar-refractivity contribution in [3.05, 3.63) is 120 Å². The summed E-state index contributed by atoms with van der Waals surface area (Å²) in [7, 11) is 0. The first-order valence-electron chi connectivity index (χ1n) is 15.4. The van der Waals surface area contributed by atoms with Crippen molar-refractivity contribution in [1.82, 2.24) is 0 Å². The third kappa shape index (κ3) is 6.79. The van der Waals surface area contributed by atoms with Gasteiger partial charge in [0.25, 0.3) is 5.24 Å². The van der Waals surface area contributed by atoms with Gasteiger partial charge in [-0.2, -0.15) is 0 Å². The van der Waals surface area contributed by atoms with Gasteiger partial charge in [-0.25, -0.2) is 4.39 Å². The number of carbonyl (C=O) groups is 1. The quantitative estimate of drug-likeness (QED) is 0.146. The molecule has 2 aliphatic heterocycles. The molecule has 11 heteroatoms. The highest BCUT2D eigenvalue weighted by Crippen LogP contribution is 2.49. The number of benzene rings is 4. The van der Waals surface area contributed by atoms with Crippen molar-refractivity contribution < 1.29 is 44.6 Å². The second-order valence-corrected chi connectivity index (χ2v) is 13.1. The normalized spacial score (nSPS) is 26.8. The number of ether oxygens (including phenoxy) is 1. The molecule has 4 aromatic carbocycles. The summed E-state index contributed by atoms with van der Waals surface area (Å²) in [5.41, 5.74) is 3.80. The maximum Gasteiger partial charge on any atom is 0.287 e. The van der Waals surface area contributed by atoms with Crippen molar-refractivity contribution in [3.63, 3.8) is 0 Å². The Hall–Kier alpha value is -3.81. The number of nitrogens with zero attached hydrogens (tertiary/aromatic N) is 1. The molecule has 0 aliphatic carbocycles. The Bertz CT molecular complexity index is 1670. The number of anilines is 1. The molecule has 6 rings (SSSR count). The van der Waals surface area contributed by atoms with Gasteiger partial charge in [0.15, 0.2) is 0 Å². The van der Waals surface area contributed by atoms with Crippen LogP contribution < -0.4 is 4.90 Å². The van der Waals surface area contributed by atoms with Crippen molar-refractivity contribution >= 4 is 22.7 Å². The van der Waals surface area contributed by atoms with Gasteiger partial charge in [0, 0.05) is 16.5 Å². The Morgan fingerprint density at radius 3 is 2.19 bits per heavy atom. The van der Waals surface area contributed by atoms with Gasteiger partial charge in [-0.1, -0.05) is 78.5 Å². The van der Waals surface area contributed by atoms with Gasteiger partial charge in [-0.3, -0.25) is 9.69 Å². The van der Waals surface area contributed by atoms with E-state index in [2.05, 4.69) is 0 Å². The Labute approximate surface area is 275 Å². The van der Waals surface area contributed by atoms with Crippen molar-refractivity contribution in [2.45, 2.75) is 60.8 Å². The van der Waals surface area contributed by atoms with Crippen LogP contribution in [0.25, 0.3) is 11.1 Å². The summed E-state index contributed by atoms with van der Waals surface area (Å²) in [4.78, 5) is 15.1. The summed E-state index contributed by atoms with van der Waals surface area (Å²) in [5, 5.41) is 62.1. The van der Waals surface area contributed by atoms with Crippen LogP contribution in [0.5, 0.6) is 5.75 Å². The molecule has 2 fully saturated rings. The van der Waals surface area contributed by atoms with Gasteiger partial charge in [-0.15, -0.1) is 0 Å². The van der Waals surface area contributed by atoms with E-state index < -0.39 is 49.3 Å². The van der Waals surface area contributed by atoms with Gasteiger partial charge in [0.05, 0.1) is 18.8 Å². The van der Waals surface area contributed by atoms with E-state index in [0.717, 1.165) is 17.3 Å². The first-order chi connectivity index (χ1) is 22.7. The molecule has 0 saturated carbocycles. The predicted molar refractivity (Wildman–Crippen MR) is 175 cm³/mol. The van der Waals surface area contributed by atoms with Gasteiger partial charge in [0.2, 0.25) is 0 Å². The molecular formula is C36H36FNO8S. The number of amides is 1. The number of thioether (sulfide) groups is 1. The second-order valence-electron chi connectivity index (χ2n) is 11.9. The molecule has 0 radical (unpaired) electrons. The molecule has 246 valence electrons. The molecule has 6 N–H and O–H groups in total. The zero-order valence-electron chi connectivity index (χ0n) is 25.2. The van der Waals surface area contributed by atoms with E-state index in [1.807, 2.05) is 36.4 Å². The third-order valence-electron chi connectivity index (χ3n) is 8.91. The SMILES string of the molecule is O=C1S[C@@H](CC[C@H](O)c2ccc(F)cc2)[C@@H](c2ccc(-c3ccc([C@@H]4O[C@H](CO)[C@@H](O)[C@H](O)[C@H]4O)cc3)cc2O)N1c1ccccc1.